The van der Waals surface area contributed by atoms with Gasteiger partial charge >= 0.3 is 5.89 Å². The van der Waals surface area contributed by atoms with Crippen molar-refractivity contribution in [1.29, 1.82) is 0 Å². The number of benzene rings is 2. The number of nitrogens with zero attached hydrogens (tertiary/aromatic N) is 2. The fourth-order valence-electron chi connectivity index (χ4n) is 3.60. The van der Waals surface area contributed by atoms with Crippen molar-refractivity contribution >= 4 is 22.9 Å². The minimum atomic E-state index is 0.863. The van der Waals surface area contributed by atoms with E-state index in [1.165, 1.54) is 0 Å². The van der Waals surface area contributed by atoms with Crippen LogP contribution < -0.4 is 14.2 Å². The molecule has 4 heteroatoms. The lowest BCUT2D eigenvalue weighted by atomic mass is 10.2. The maximum absolute atomic E-state index is 6.02. The third kappa shape index (κ3) is 3.97. The number of rotatable bonds is 7. The fourth-order valence-corrected chi connectivity index (χ4v) is 3.60. The van der Waals surface area contributed by atoms with E-state index in [9.17, 15) is 0 Å². The number of aromatic nitrogens is 1. The second kappa shape index (κ2) is 8.82. The van der Waals surface area contributed by atoms with E-state index < -0.39 is 0 Å². The molecule has 1 aromatic heterocycles. The van der Waals surface area contributed by atoms with Gasteiger partial charge in [-0.2, -0.15) is 4.57 Å². The van der Waals surface area contributed by atoms with Gasteiger partial charge in [0.2, 0.25) is 11.5 Å². The average Bonchev–Trinajstić information content (AvgIpc) is 3.27. The lowest BCUT2D eigenvalue weighted by Crippen LogP contribution is -2.34. The molecule has 0 spiro atoms. The number of hydrogen-bond acceptors (Lipinski definition) is 3. The fraction of sp³-hybridized carbons (Fsp3) is 0.240. The standard InChI is InChI=1S/C25H27N2O2/c1-3-18-26-20-12-8-10-14-22(20)28-24(26)16-6-5-7-17-25-27(19-4-2)21-13-9-11-15-23(21)29-25/h5-17H,3-4,18-19H2,1-2H3/q+1. The number of oxazole rings is 1. The maximum Gasteiger partial charge on any atom is 0.374 e. The first-order valence-electron chi connectivity index (χ1n) is 10.3. The first kappa shape index (κ1) is 19.1. The summed E-state index contributed by atoms with van der Waals surface area (Å²) in [4.78, 5) is 2.22. The normalized spacial score (nSPS) is 15.1. The number of para-hydroxylation sites is 4. The molecule has 2 heterocycles. The lowest BCUT2D eigenvalue weighted by Gasteiger charge is -2.16. The van der Waals surface area contributed by atoms with Crippen LogP contribution in [0.25, 0.3) is 17.2 Å². The largest absolute Gasteiger partial charge is 0.439 e. The van der Waals surface area contributed by atoms with E-state index in [1.807, 2.05) is 66.8 Å². The quantitative estimate of drug-likeness (QED) is 0.376. The molecule has 0 aliphatic carbocycles. The molecule has 0 N–H and O–H groups in total. The van der Waals surface area contributed by atoms with Gasteiger partial charge in [-0.3, -0.25) is 0 Å². The van der Waals surface area contributed by atoms with E-state index in [-0.39, 0.29) is 0 Å². The van der Waals surface area contributed by atoms with Gasteiger partial charge in [-0.15, -0.1) is 0 Å². The van der Waals surface area contributed by atoms with E-state index >= 15 is 0 Å². The Kier molecular flexibility index (Phi) is 5.80. The molecule has 3 aromatic rings. The van der Waals surface area contributed by atoms with Gasteiger partial charge in [0, 0.05) is 19.0 Å². The van der Waals surface area contributed by atoms with E-state index in [1.54, 1.807) is 0 Å². The molecule has 0 amide bonds. The summed E-state index contributed by atoms with van der Waals surface area (Å²) in [6, 6.07) is 16.3. The highest BCUT2D eigenvalue weighted by Gasteiger charge is 2.24. The van der Waals surface area contributed by atoms with E-state index in [2.05, 4.69) is 35.4 Å². The predicted molar refractivity (Wildman–Crippen MR) is 118 cm³/mol. The van der Waals surface area contributed by atoms with Crippen LogP contribution in [0.3, 0.4) is 0 Å². The van der Waals surface area contributed by atoms with Crippen molar-refractivity contribution in [3.63, 3.8) is 0 Å². The number of hydrogen-bond donors (Lipinski definition) is 0. The Labute approximate surface area is 172 Å². The minimum absolute atomic E-state index is 0.863. The summed E-state index contributed by atoms with van der Waals surface area (Å²) < 4.78 is 14.3. The smallest absolute Gasteiger partial charge is 0.374 e. The number of fused-ring (bicyclic) bond motifs is 2. The first-order valence-corrected chi connectivity index (χ1v) is 10.3. The van der Waals surface area contributed by atoms with Crippen molar-refractivity contribution in [1.82, 2.24) is 0 Å². The van der Waals surface area contributed by atoms with Gasteiger partial charge in [0.15, 0.2) is 12.3 Å². The third-order valence-corrected chi connectivity index (χ3v) is 4.87. The molecule has 4 rings (SSSR count). The van der Waals surface area contributed by atoms with Crippen molar-refractivity contribution in [2.24, 2.45) is 0 Å². The molecule has 0 fully saturated rings. The number of anilines is 1. The summed E-state index contributed by atoms with van der Waals surface area (Å²) in [6.07, 6.45) is 12.2. The molecule has 0 bridgehead atoms. The molecule has 0 radical (unpaired) electrons. The second-order valence-electron chi connectivity index (χ2n) is 7.03. The van der Waals surface area contributed by atoms with Crippen molar-refractivity contribution in [2.45, 2.75) is 33.2 Å². The van der Waals surface area contributed by atoms with Crippen LogP contribution in [-0.4, -0.2) is 6.54 Å². The zero-order chi connectivity index (χ0) is 20.1. The molecular weight excluding hydrogens is 360 g/mol. The summed E-state index contributed by atoms with van der Waals surface area (Å²) in [5.74, 6) is 2.64. The summed E-state index contributed by atoms with van der Waals surface area (Å²) in [6.45, 7) is 6.22. The van der Waals surface area contributed by atoms with Gasteiger partial charge < -0.3 is 14.1 Å². The van der Waals surface area contributed by atoms with Gasteiger partial charge in [-0.05, 0) is 30.7 Å². The van der Waals surface area contributed by atoms with Gasteiger partial charge in [-0.1, -0.05) is 56.3 Å². The van der Waals surface area contributed by atoms with Crippen molar-refractivity contribution in [3.8, 4) is 5.75 Å². The summed E-state index contributed by atoms with van der Waals surface area (Å²) >= 11 is 0. The van der Waals surface area contributed by atoms with Crippen LogP contribution in [0, 0.1) is 0 Å². The Balaban J connectivity index is 1.51. The van der Waals surface area contributed by atoms with Crippen LogP contribution in [0.1, 0.15) is 32.6 Å². The molecule has 1 aliphatic heterocycles. The zero-order valence-electron chi connectivity index (χ0n) is 17.0. The Morgan fingerprint density at radius 2 is 1.76 bits per heavy atom. The van der Waals surface area contributed by atoms with Crippen LogP contribution in [0.15, 0.2) is 83.1 Å². The molecular formula is C25H27N2O2+. The first-order chi connectivity index (χ1) is 14.3. The van der Waals surface area contributed by atoms with Gasteiger partial charge in [0.05, 0.1) is 11.8 Å². The highest BCUT2D eigenvalue weighted by atomic mass is 16.5. The second-order valence-corrected chi connectivity index (χ2v) is 7.03. The maximum atomic E-state index is 6.02. The average molecular weight is 388 g/mol. The SMILES string of the molecule is CCCN1\C(=C/C=C/C=C/c2oc3ccccc3[n+]2CCC)Oc2ccccc21. The van der Waals surface area contributed by atoms with Gasteiger partial charge in [0.25, 0.3) is 5.52 Å². The summed E-state index contributed by atoms with van der Waals surface area (Å²) in [5.41, 5.74) is 3.18. The third-order valence-electron chi connectivity index (χ3n) is 4.87. The van der Waals surface area contributed by atoms with Crippen LogP contribution in [0.2, 0.25) is 0 Å². The summed E-state index contributed by atoms with van der Waals surface area (Å²) in [5, 5.41) is 0. The number of aryl methyl sites for hydroxylation is 1. The lowest BCUT2D eigenvalue weighted by molar-refractivity contribution is -0.678. The Morgan fingerprint density at radius 1 is 0.931 bits per heavy atom. The molecule has 4 nitrogen and oxygen atoms in total. The Morgan fingerprint density at radius 3 is 2.62 bits per heavy atom. The monoisotopic (exact) mass is 387 g/mol. The van der Waals surface area contributed by atoms with Crippen LogP contribution in [-0.2, 0) is 6.54 Å². The summed E-state index contributed by atoms with van der Waals surface area (Å²) in [7, 11) is 0. The molecule has 0 atom stereocenters. The highest BCUT2D eigenvalue weighted by molar-refractivity contribution is 5.69. The van der Waals surface area contributed by atoms with Crippen molar-refractivity contribution in [2.75, 3.05) is 11.4 Å². The topological polar surface area (TPSA) is 29.5 Å². The predicted octanol–water partition coefficient (Wildman–Crippen LogP) is 5.85. The Bertz CT molecular complexity index is 1080. The highest BCUT2D eigenvalue weighted by Crippen LogP contribution is 2.38. The minimum Gasteiger partial charge on any atom is -0.439 e. The molecule has 0 saturated heterocycles. The molecule has 2 aromatic carbocycles. The van der Waals surface area contributed by atoms with E-state index in [0.717, 1.165) is 60.2 Å². The van der Waals surface area contributed by atoms with Crippen LogP contribution >= 0.6 is 0 Å². The van der Waals surface area contributed by atoms with E-state index in [4.69, 9.17) is 9.15 Å². The number of allylic oxidation sites excluding steroid dienone is 4. The van der Waals surface area contributed by atoms with Crippen molar-refractivity contribution < 1.29 is 13.7 Å². The van der Waals surface area contributed by atoms with Gasteiger partial charge in [-0.25, -0.2) is 0 Å². The molecule has 0 unspecified atom stereocenters. The molecule has 0 saturated carbocycles. The van der Waals surface area contributed by atoms with Crippen LogP contribution in [0.5, 0.6) is 5.75 Å². The van der Waals surface area contributed by atoms with Gasteiger partial charge in [0.1, 0.15) is 0 Å². The zero-order valence-corrected chi connectivity index (χ0v) is 17.0. The Hall–Kier alpha value is -3.27. The molecule has 29 heavy (non-hydrogen) atoms. The molecule has 148 valence electrons. The van der Waals surface area contributed by atoms with Crippen molar-refractivity contribution in [3.05, 3.63) is 84.6 Å². The molecule has 1 aliphatic rings. The van der Waals surface area contributed by atoms with Crippen LogP contribution in [0.4, 0.5) is 5.69 Å². The van der Waals surface area contributed by atoms with E-state index in [0.29, 0.717) is 0 Å². The number of ether oxygens (including phenoxy) is 1.